The van der Waals surface area contributed by atoms with E-state index in [4.69, 9.17) is 5.11 Å². The second-order valence-corrected chi connectivity index (χ2v) is 4.32. The van der Waals surface area contributed by atoms with Crippen molar-refractivity contribution in [3.05, 3.63) is 12.2 Å². The Hall–Kier alpha value is -0.300. The molecule has 0 aromatic carbocycles. The first-order valence-electron chi connectivity index (χ1n) is 5.56. The van der Waals surface area contributed by atoms with Crippen LogP contribution in [-0.2, 0) is 0 Å². The fraction of sp³-hybridized carbons (Fsp3) is 0.833. The average Bonchev–Trinajstić information content (AvgIpc) is 2.18. The molecular formula is C12H22O. The Morgan fingerprint density at radius 3 is 2.38 bits per heavy atom. The maximum Gasteiger partial charge on any atom is 0.0641 e. The van der Waals surface area contributed by atoms with Crippen molar-refractivity contribution in [1.82, 2.24) is 0 Å². The van der Waals surface area contributed by atoms with Crippen LogP contribution in [0.3, 0.4) is 0 Å². The third-order valence-electron chi connectivity index (χ3n) is 3.32. The monoisotopic (exact) mass is 182 g/mol. The molecule has 0 aromatic rings. The Balaban J connectivity index is 2.26. The van der Waals surface area contributed by atoms with Crippen molar-refractivity contribution < 1.29 is 5.11 Å². The molecular weight excluding hydrogens is 160 g/mol. The molecule has 1 fully saturated rings. The van der Waals surface area contributed by atoms with Crippen molar-refractivity contribution >= 4 is 0 Å². The number of hydrogen-bond acceptors (Lipinski definition) is 1. The molecule has 0 aliphatic heterocycles. The molecule has 76 valence electrons. The van der Waals surface area contributed by atoms with Crippen LogP contribution < -0.4 is 0 Å². The van der Waals surface area contributed by atoms with Gasteiger partial charge in [-0.1, -0.05) is 26.3 Å². The summed E-state index contributed by atoms with van der Waals surface area (Å²) in [5.41, 5.74) is 1.05. The number of aliphatic hydroxyl groups excluding tert-OH is 1. The van der Waals surface area contributed by atoms with E-state index >= 15 is 0 Å². The van der Waals surface area contributed by atoms with Crippen LogP contribution in [0, 0.1) is 11.8 Å². The van der Waals surface area contributed by atoms with E-state index in [2.05, 4.69) is 13.5 Å². The number of hydrogen-bond donors (Lipinski definition) is 1. The van der Waals surface area contributed by atoms with E-state index in [1.807, 2.05) is 0 Å². The first-order chi connectivity index (χ1) is 6.27. The van der Waals surface area contributed by atoms with Gasteiger partial charge >= 0.3 is 0 Å². The molecule has 1 saturated carbocycles. The highest BCUT2D eigenvalue weighted by molar-refractivity contribution is 5.01. The third-order valence-corrected chi connectivity index (χ3v) is 3.32. The maximum absolute atomic E-state index is 8.96. The Kier molecular flexibility index (Phi) is 4.51. The van der Waals surface area contributed by atoms with Crippen LogP contribution in [0.25, 0.3) is 0 Å². The lowest BCUT2D eigenvalue weighted by Gasteiger charge is -2.29. The zero-order valence-electron chi connectivity index (χ0n) is 8.76. The Morgan fingerprint density at radius 1 is 1.31 bits per heavy atom. The van der Waals surface area contributed by atoms with Crippen molar-refractivity contribution in [3.8, 4) is 0 Å². The van der Waals surface area contributed by atoms with Gasteiger partial charge in [0.25, 0.3) is 0 Å². The maximum atomic E-state index is 8.96. The van der Waals surface area contributed by atoms with Crippen molar-refractivity contribution in [3.63, 3.8) is 0 Å². The second kappa shape index (κ2) is 5.43. The zero-order chi connectivity index (χ0) is 9.68. The van der Waals surface area contributed by atoms with Gasteiger partial charge in [0, 0.05) is 0 Å². The number of aliphatic hydroxyl groups is 1. The Labute approximate surface area is 81.9 Å². The second-order valence-electron chi connectivity index (χ2n) is 4.32. The van der Waals surface area contributed by atoms with Crippen LogP contribution in [0.2, 0.25) is 0 Å². The van der Waals surface area contributed by atoms with Gasteiger partial charge in [-0.05, 0) is 43.1 Å². The van der Waals surface area contributed by atoms with Gasteiger partial charge in [0.1, 0.15) is 0 Å². The van der Waals surface area contributed by atoms with E-state index in [9.17, 15) is 0 Å². The van der Waals surface area contributed by atoms with Crippen LogP contribution in [-0.4, -0.2) is 11.7 Å². The standard InChI is InChI=1S/C12H22O/c1-3-4-11-5-7-12(8-6-11)10(2)9-13/h11-13H,2-9H2,1H3. The van der Waals surface area contributed by atoms with Crippen molar-refractivity contribution in [2.75, 3.05) is 6.61 Å². The summed E-state index contributed by atoms with van der Waals surface area (Å²) in [5.74, 6) is 1.56. The normalized spacial score (nSPS) is 28.8. The van der Waals surface area contributed by atoms with E-state index in [1.54, 1.807) is 0 Å². The molecule has 0 unspecified atom stereocenters. The van der Waals surface area contributed by atoms with Crippen molar-refractivity contribution in [1.29, 1.82) is 0 Å². The smallest absolute Gasteiger partial charge is 0.0641 e. The lowest BCUT2D eigenvalue weighted by atomic mass is 9.77. The molecule has 0 spiro atoms. The Bertz CT molecular complexity index is 155. The molecule has 0 atom stereocenters. The van der Waals surface area contributed by atoms with Crippen LogP contribution in [0.5, 0.6) is 0 Å². The Morgan fingerprint density at radius 2 is 1.92 bits per heavy atom. The first-order valence-corrected chi connectivity index (χ1v) is 5.56. The molecule has 1 N–H and O–H groups in total. The third kappa shape index (κ3) is 3.15. The summed E-state index contributed by atoms with van der Waals surface area (Å²) in [7, 11) is 0. The molecule has 1 aliphatic rings. The van der Waals surface area contributed by atoms with Gasteiger partial charge < -0.3 is 5.11 Å². The molecule has 0 saturated heterocycles. The highest BCUT2D eigenvalue weighted by Gasteiger charge is 2.21. The lowest BCUT2D eigenvalue weighted by Crippen LogP contribution is -2.17. The lowest BCUT2D eigenvalue weighted by molar-refractivity contribution is 0.255. The molecule has 0 aromatic heterocycles. The molecule has 0 amide bonds. The predicted molar refractivity (Wildman–Crippen MR) is 56.6 cm³/mol. The summed E-state index contributed by atoms with van der Waals surface area (Å²) in [4.78, 5) is 0. The predicted octanol–water partition coefficient (Wildman–Crippen LogP) is 3.14. The summed E-state index contributed by atoms with van der Waals surface area (Å²) in [6.45, 7) is 6.36. The van der Waals surface area contributed by atoms with E-state index in [0.29, 0.717) is 5.92 Å². The molecule has 1 heteroatoms. The van der Waals surface area contributed by atoms with Crippen LogP contribution in [0.4, 0.5) is 0 Å². The van der Waals surface area contributed by atoms with Crippen molar-refractivity contribution in [2.24, 2.45) is 11.8 Å². The van der Waals surface area contributed by atoms with E-state index in [0.717, 1.165) is 11.5 Å². The summed E-state index contributed by atoms with van der Waals surface area (Å²) < 4.78 is 0. The minimum absolute atomic E-state index is 0.184. The summed E-state index contributed by atoms with van der Waals surface area (Å²) >= 11 is 0. The fourth-order valence-corrected chi connectivity index (χ4v) is 2.40. The average molecular weight is 182 g/mol. The minimum Gasteiger partial charge on any atom is -0.392 e. The van der Waals surface area contributed by atoms with Gasteiger partial charge in [0.2, 0.25) is 0 Å². The van der Waals surface area contributed by atoms with Crippen LogP contribution in [0.15, 0.2) is 12.2 Å². The molecule has 0 heterocycles. The van der Waals surface area contributed by atoms with Gasteiger partial charge in [-0.3, -0.25) is 0 Å². The van der Waals surface area contributed by atoms with Crippen LogP contribution >= 0.6 is 0 Å². The number of rotatable bonds is 4. The van der Waals surface area contributed by atoms with E-state index in [1.165, 1.54) is 38.5 Å². The molecule has 1 nitrogen and oxygen atoms in total. The summed E-state index contributed by atoms with van der Waals surface area (Å²) in [6, 6.07) is 0. The largest absolute Gasteiger partial charge is 0.392 e. The molecule has 1 rings (SSSR count). The van der Waals surface area contributed by atoms with Gasteiger partial charge in [0.05, 0.1) is 6.61 Å². The molecule has 0 bridgehead atoms. The van der Waals surface area contributed by atoms with Gasteiger partial charge in [-0.15, -0.1) is 0 Å². The minimum atomic E-state index is 0.184. The summed E-state index contributed by atoms with van der Waals surface area (Å²) in [6.07, 6.45) is 7.90. The van der Waals surface area contributed by atoms with Crippen LogP contribution in [0.1, 0.15) is 45.4 Å². The fourth-order valence-electron chi connectivity index (χ4n) is 2.40. The zero-order valence-corrected chi connectivity index (χ0v) is 8.76. The molecule has 1 aliphatic carbocycles. The molecule has 0 radical (unpaired) electrons. The summed E-state index contributed by atoms with van der Waals surface area (Å²) in [5, 5.41) is 8.96. The van der Waals surface area contributed by atoms with Crippen molar-refractivity contribution in [2.45, 2.75) is 45.4 Å². The topological polar surface area (TPSA) is 20.2 Å². The van der Waals surface area contributed by atoms with E-state index < -0.39 is 0 Å². The van der Waals surface area contributed by atoms with Gasteiger partial charge in [0.15, 0.2) is 0 Å². The highest BCUT2D eigenvalue weighted by Crippen LogP contribution is 2.34. The SMILES string of the molecule is C=C(CO)C1CCC(CCC)CC1. The van der Waals surface area contributed by atoms with E-state index in [-0.39, 0.29) is 6.61 Å². The first kappa shape index (κ1) is 10.8. The van der Waals surface area contributed by atoms with Gasteiger partial charge in [-0.2, -0.15) is 0 Å². The molecule has 13 heavy (non-hydrogen) atoms. The highest BCUT2D eigenvalue weighted by atomic mass is 16.3. The quantitative estimate of drug-likeness (QED) is 0.662. The van der Waals surface area contributed by atoms with Gasteiger partial charge in [-0.25, -0.2) is 0 Å².